The number of likely N-dealkylation sites (tertiary alicyclic amines) is 1. The third kappa shape index (κ3) is 7.95. The van der Waals surface area contributed by atoms with Crippen LogP contribution in [0, 0.1) is 0 Å². The lowest BCUT2D eigenvalue weighted by Gasteiger charge is -2.32. The molecule has 0 unspecified atom stereocenters. The molecule has 2 atom stereocenters. The van der Waals surface area contributed by atoms with Crippen LogP contribution in [-0.2, 0) is 16.0 Å². The zero-order valence-corrected chi connectivity index (χ0v) is 20.6. The largest absolute Gasteiger partial charge is 0.394 e. The highest BCUT2D eigenvalue weighted by Gasteiger charge is 2.28. The second kappa shape index (κ2) is 13.3. The summed E-state index contributed by atoms with van der Waals surface area (Å²) >= 11 is 12.2. The van der Waals surface area contributed by atoms with Gasteiger partial charge in [0.05, 0.1) is 42.3 Å². The molecule has 1 saturated heterocycles. The van der Waals surface area contributed by atoms with Gasteiger partial charge in [-0.2, -0.15) is 0 Å². The molecule has 0 bridgehead atoms. The van der Waals surface area contributed by atoms with Gasteiger partial charge in [-0.1, -0.05) is 59.6 Å². The highest BCUT2D eigenvalue weighted by molar-refractivity contribution is 6.42. The van der Waals surface area contributed by atoms with Gasteiger partial charge in [0.25, 0.3) is 0 Å². The van der Waals surface area contributed by atoms with Crippen LogP contribution in [0.4, 0.5) is 0 Å². The summed E-state index contributed by atoms with van der Waals surface area (Å²) in [5, 5.41) is 13.3. The van der Waals surface area contributed by atoms with Gasteiger partial charge in [0.1, 0.15) is 0 Å². The third-order valence-electron chi connectivity index (χ3n) is 6.00. The second-order valence-electron chi connectivity index (χ2n) is 8.39. The standard InChI is InChI=1S/C25H33Cl2N3O3/c1-29(25(32)16-19-7-8-22(26)23(27)15-19)24(20-5-3-2-4-6-20)18-30-11-9-21(17-30)28-10-13-33-14-12-31/h2-8,15,21,24,28,31H,9-14,16-18H2,1H3/t21-,24+/m0/s1. The minimum Gasteiger partial charge on any atom is -0.394 e. The number of carbonyl (C=O) groups is 1. The van der Waals surface area contributed by atoms with Crippen molar-refractivity contribution in [2.24, 2.45) is 0 Å². The summed E-state index contributed by atoms with van der Waals surface area (Å²) in [6.45, 7) is 4.46. The normalized spacial score (nSPS) is 17.3. The molecule has 0 aliphatic carbocycles. The summed E-state index contributed by atoms with van der Waals surface area (Å²) in [5.41, 5.74) is 1.97. The van der Waals surface area contributed by atoms with Crippen molar-refractivity contribution in [1.29, 1.82) is 0 Å². The maximum atomic E-state index is 13.2. The number of nitrogens with one attached hydrogen (secondary N) is 1. The van der Waals surface area contributed by atoms with E-state index >= 15 is 0 Å². The van der Waals surface area contributed by atoms with E-state index in [9.17, 15) is 4.79 Å². The molecular formula is C25H33Cl2N3O3. The van der Waals surface area contributed by atoms with E-state index in [2.05, 4.69) is 22.3 Å². The number of carbonyl (C=O) groups excluding carboxylic acids is 1. The maximum absolute atomic E-state index is 13.2. The van der Waals surface area contributed by atoms with Crippen LogP contribution in [0.2, 0.25) is 10.0 Å². The molecular weight excluding hydrogens is 461 g/mol. The smallest absolute Gasteiger partial charge is 0.227 e. The molecule has 3 rings (SSSR count). The molecule has 0 spiro atoms. The molecule has 1 amide bonds. The highest BCUT2D eigenvalue weighted by atomic mass is 35.5. The second-order valence-corrected chi connectivity index (χ2v) is 9.21. The predicted octanol–water partition coefficient (Wildman–Crippen LogP) is 3.41. The average Bonchev–Trinajstić information content (AvgIpc) is 3.27. The van der Waals surface area contributed by atoms with E-state index in [1.54, 1.807) is 12.1 Å². The summed E-state index contributed by atoms with van der Waals surface area (Å²) in [7, 11) is 1.88. The lowest BCUT2D eigenvalue weighted by atomic mass is 10.0. The lowest BCUT2D eigenvalue weighted by molar-refractivity contribution is -0.131. The Morgan fingerprint density at radius 3 is 2.73 bits per heavy atom. The number of amides is 1. The van der Waals surface area contributed by atoms with Crippen molar-refractivity contribution < 1.29 is 14.6 Å². The molecule has 0 aromatic heterocycles. The van der Waals surface area contributed by atoms with Crippen LogP contribution in [0.5, 0.6) is 0 Å². The minimum absolute atomic E-state index is 0.0390. The monoisotopic (exact) mass is 493 g/mol. The average molecular weight is 494 g/mol. The third-order valence-corrected chi connectivity index (χ3v) is 6.74. The molecule has 180 valence electrons. The summed E-state index contributed by atoms with van der Waals surface area (Å²) < 4.78 is 5.33. The van der Waals surface area contributed by atoms with Crippen LogP contribution >= 0.6 is 23.2 Å². The highest BCUT2D eigenvalue weighted by Crippen LogP contribution is 2.26. The molecule has 2 aromatic carbocycles. The zero-order chi connectivity index (χ0) is 23.6. The Morgan fingerprint density at radius 1 is 1.21 bits per heavy atom. The van der Waals surface area contributed by atoms with Gasteiger partial charge < -0.3 is 20.1 Å². The van der Waals surface area contributed by atoms with Gasteiger partial charge in [-0.3, -0.25) is 9.69 Å². The number of hydrogen-bond acceptors (Lipinski definition) is 5. The van der Waals surface area contributed by atoms with Gasteiger partial charge in [-0.05, 0) is 36.2 Å². The van der Waals surface area contributed by atoms with Crippen molar-refractivity contribution >= 4 is 29.1 Å². The SMILES string of the molecule is CN(C(=O)Cc1ccc(Cl)c(Cl)c1)[C@H](CN1CC[C@H](NCCOCCO)C1)c1ccccc1. The first kappa shape index (κ1) is 25.9. The molecule has 1 aliphatic heterocycles. The van der Waals surface area contributed by atoms with E-state index < -0.39 is 0 Å². The van der Waals surface area contributed by atoms with Gasteiger partial charge in [-0.25, -0.2) is 0 Å². The van der Waals surface area contributed by atoms with Crippen molar-refractivity contribution in [3.8, 4) is 0 Å². The molecule has 6 nitrogen and oxygen atoms in total. The van der Waals surface area contributed by atoms with Crippen LogP contribution in [0.1, 0.15) is 23.6 Å². The van der Waals surface area contributed by atoms with E-state index in [-0.39, 0.29) is 25.0 Å². The Labute approximate surface area is 206 Å². The summed E-state index contributed by atoms with van der Waals surface area (Å²) in [5.74, 6) is 0.0390. The number of halogens is 2. The Kier molecular flexibility index (Phi) is 10.4. The Hall–Kier alpha value is -1.67. The van der Waals surface area contributed by atoms with Crippen LogP contribution < -0.4 is 5.32 Å². The number of hydrogen-bond donors (Lipinski definition) is 2. The first-order valence-corrected chi connectivity index (χ1v) is 12.1. The number of rotatable bonds is 12. The number of likely N-dealkylation sites (N-methyl/N-ethyl adjacent to an activating group) is 1. The Morgan fingerprint density at radius 2 is 2.00 bits per heavy atom. The van der Waals surface area contributed by atoms with Gasteiger partial charge >= 0.3 is 0 Å². The van der Waals surface area contributed by atoms with Gasteiger partial charge in [-0.15, -0.1) is 0 Å². The Balaban J connectivity index is 1.61. The number of aliphatic hydroxyl groups excluding tert-OH is 1. The molecule has 0 radical (unpaired) electrons. The molecule has 2 N–H and O–H groups in total. The number of benzene rings is 2. The van der Waals surface area contributed by atoms with Crippen molar-refractivity contribution in [1.82, 2.24) is 15.1 Å². The molecule has 1 fully saturated rings. The van der Waals surface area contributed by atoms with Crippen molar-refractivity contribution in [2.75, 3.05) is 53.0 Å². The minimum atomic E-state index is -0.0480. The molecule has 0 saturated carbocycles. The van der Waals surface area contributed by atoms with Crippen molar-refractivity contribution in [3.63, 3.8) is 0 Å². The van der Waals surface area contributed by atoms with Crippen molar-refractivity contribution in [3.05, 3.63) is 69.7 Å². The maximum Gasteiger partial charge on any atom is 0.227 e. The summed E-state index contributed by atoms with van der Waals surface area (Å²) in [4.78, 5) is 17.4. The van der Waals surface area contributed by atoms with E-state index in [4.69, 9.17) is 33.0 Å². The first-order valence-electron chi connectivity index (χ1n) is 11.4. The van der Waals surface area contributed by atoms with Crippen LogP contribution in [0.15, 0.2) is 48.5 Å². The quantitative estimate of drug-likeness (QED) is 0.443. The van der Waals surface area contributed by atoms with E-state index in [1.807, 2.05) is 36.2 Å². The number of aliphatic hydroxyl groups is 1. The molecule has 1 heterocycles. The molecule has 2 aromatic rings. The fraction of sp³-hybridized carbons (Fsp3) is 0.480. The summed E-state index contributed by atoms with van der Waals surface area (Å²) in [6.07, 6.45) is 1.33. The topological polar surface area (TPSA) is 65.0 Å². The van der Waals surface area contributed by atoms with Crippen LogP contribution in [-0.4, -0.2) is 79.9 Å². The Bertz CT molecular complexity index is 884. The lowest BCUT2D eigenvalue weighted by Crippen LogP contribution is -2.41. The van der Waals surface area contributed by atoms with Crippen LogP contribution in [0.3, 0.4) is 0 Å². The fourth-order valence-corrected chi connectivity index (χ4v) is 4.48. The molecule has 33 heavy (non-hydrogen) atoms. The predicted molar refractivity (Wildman–Crippen MR) is 133 cm³/mol. The number of ether oxygens (including phenoxy) is 1. The van der Waals surface area contributed by atoms with Crippen LogP contribution in [0.25, 0.3) is 0 Å². The van der Waals surface area contributed by atoms with E-state index in [0.29, 0.717) is 29.3 Å². The summed E-state index contributed by atoms with van der Waals surface area (Å²) in [6, 6.07) is 15.9. The fourth-order valence-electron chi connectivity index (χ4n) is 4.16. The first-order chi connectivity index (χ1) is 16.0. The molecule has 8 heteroatoms. The zero-order valence-electron chi connectivity index (χ0n) is 19.1. The van der Waals surface area contributed by atoms with E-state index in [0.717, 1.165) is 43.7 Å². The number of nitrogens with zero attached hydrogens (tertiary/aromatic N) is 2. The van der Waals surface area contributed by atoms with E-state index in [1.165, 1.54) is 0 Å². The van der Waals surface area contributed by atoms with Gasteiger partial charge in [0, 0.05) is 32.7 Å². The van der Waals surface area contributed by atoms with Gasteiger partial charge in [0.2, 0.25) is 5.91 Å². The molecule has 1 aliphatic rings. The van der Waals surface area contributed by atoms with Crippen molar-refractivity contribution in [2.45, 2.75) is 24.9 Å². The van der Waals surface area contributed by atoms with Gasteiger partial charge in [0.15, 0.2) is 0 Å².